The molecule has 0 atom stereocenters. The molecule has 1 heterocycles. The first-order chi connectivity index (χ1) is 11.0. The van der Waals surface area contributed by atoms with Crippen LogP contribution in [0.3, 0.4) is 0 Å². The average Bonchev–Trinajstić information content (AvgIpc) is 2.53. The van der Waals surface area contributed by atoms with Gasteiger partial charge in [0.05, 0.1) is 6.61 Å². The Morgan fingerprint density at radius 1 is 1.22 bits per heavy atom. The van der Waals surface area contributed by atoms with E-state index in [1.165, 1.54) is 5.56 Å². The molecule has 0 spiro atoms. The number of aliphatic hydroxyl groups excluding tert-OH is 1. The molecule has 0 amide bonds. The first kappa shape index (κ1) is 15.5. The lowest BCUT2D eigenvalue weighted by Gasteiger charge is -2.35. The Bertz CT molecular complexity index is 775. The van der Waals surface area contributed by atoms with Gasteiger partial charge in [-0.25, -0.2) is 0 Å². The molecule has 2 N–H and O–H groups in total. The van der Waals surface area contributed by atoms with Gasteiger partial charge in [-0.15, -0.1) is 0 Å². The largest absolute Gasteiger partial charge is 0.392 e. The Morgan fingerprint density at radius 2 is 2.00 bits per heavy atom. The number of fused-ring (bicyclic) bond motifs is 1. The molecule has 0 radical (unpaired) electrons. The number of aliphatic hydroxyl groups is 1. The Labute approximate surface area is 136 Å². The molecule has 0 bridgehead atoms. The Hall–Kier alpha value is -2.39. The van der Waals surface area contributed by atoms with Crippen LogP contribution in [0.25, 0.3) is 5.70 Å². The highest BCUT2D eigenvalue weighted by molar-refractivity contribution is 6.08. The first-order valence-electron chi connectivity index (χ1n) is 7.81. The van der Waals surface area contributed by atoms with Gasteiger partial charge in [0.2, 0.25) is 0 Å². The summed E-state index contributed by atoms with van der Waals surface area (Å²) in [6, 6.07) is 15.3. The molecule has 3 heteroatoms. The molecule has 0 aliphatic carbocycles. The van der Waals surface area contributed by atoms with Crippen LogP contribution in [-0.4, -0.2) is 16.4 Å². The van der Waals surface area contributed by atoms with Crippen LogP contribution in [0.5, 0.6) is 0 Å². The lowest BCUT2D eigenvalue weighted by Crippen LogP contribution is -2.43. The van der Waals surface area contributed by atoms with Crippen molar-refractivity contribution >= 4 is 11.5 Å². The number of allylic oxidation sites excluding steroid dienone is 1. The number of carbonyl (C=O) groups is 1. The smallest absolute Gasteiger partial charge is 0.187 e. The maximum absolute atomic E-state index is 12.6. The molecule has 0 saturated carbocycles. The lowest BCUT2D eigenvalue weighted by atomic mass is 9.85. The van der Waals surface area contributed by atoms with Crippen LogP contribution in [-0.2, 0) is 13.0 Å². The molecule has 23 heavy (non-hydrogen) atoms. The van der Waals surface area contributed by atoms with Crippen molar-refractivity contribution in [1.29, 1.82) is 0 Å². The van der Waals surface area contributed by atoms with E-state index < -0.39 is 0 Å². The summed E-state index contributed by atoms with van der Waals surface area (Å²) in [6.07, 6.45) is 2.59. The Kier molecular flexibility index (Phi) is 4.05. The zero-order valence-corrected chi connectivity index (χ0v) is 13.5. The number of hydrogen-bond donors (Lipinski definition) is 2. The van der Waals surface area contributed by atoms with Crippen LogP contribution in [0.1, 0.15) is 40.9 Å². The number of rotatable bonds is 3. The highest BCUT2D eigenvalue weighted by Crippen LogP contribution is 2.29. The van der Waals surface area contributed by atoms with Gasteiger partial charge in [0.15, 0.2) is 5.78 Å². The van der Waals surface area contributed by atoms with E-state index in [9.17, 15) is 9.90 Å². The van der Waals surface area contributed by atoms with Crippen molar-refractivity contribution in [3.8, 4) is 0 Å². The van der Waals surface area contributed by atoms with E-state index in [4.69, 9.17) is 0 Å². The van der Waals surface area contributed by atoms with Crippen molar-refractivity contribution in [2.45, 2.75) is 32.4 Å². The van der Waals surface area contributed by atoms with Gasteiger partial charge in [0, 0.05) is 28.4 Å². The summed E-state index contributed by atoms with van der Waals surface area (Å²) in [5.41, 5.74) is 4.43. The second-order valence-electron chi connectivity index (χ2n) is 6.62. The van der Waals surface area contributed by atoms with Crippen molar-refractivity contribution in [3.05, 3.63) is 76.9 Å². The Balaban J connectivity index is 1.99. The van der Waals surface area contributed by atoms with Crippen molar-refractivity contribution in [3.63, 3.8) is 0 Å². The summed E-state index contributed by atoms with van der Waals surface area (Å²) in [7, 11) is 0. The van der Waals surface area contributed by atoms with Crippen LogP contribution in [0.15, 0.2) is 54.6 Å². The molecule has 0 unspecified atom stereocenters. The van der Waals surface area contributed by atoms with E-state index in [1.807, 2.05) is 18.2 Å². The quantitative estimate of drug-likeness (QED) is 0.675. The minimum atomic E-state index is -0.0899. The van der Waals surface area contributed by atoms with E-state index in [1.54, 1.807) is 30.3 Å². The zero-order chi connectivity index (χ0) is 16.4. The summed E-state index contributed by atoms with van der Waals surface area (Å²) in [5, 5.41) is 12.7. The normalized spacial score (nSPS) is 17.4. The number of hydrogen-bond acceptors (Lipinski definition) is 3. The van der Waals surface area contributed by atoms with Crippen LogP contribution < -0.4 is 5.32 Å². The molecule has 0 fully saturated rings. The molecular formula is C20H21NO2. The fraction of sp³-hybridized carbons (Fsp3) is 0.250. The van der Waals surface area contributed by atoms with Gasteiger partial charge in [-0.3, -0.25) is 4.79 Å². The molecule has 2 aromatic rings. The van der Waals surface area contributed by atoms with Crippen molar-refractivity contribution < 1.29 is 9.90 Å². The average molecular weight is 307 g/mol. The molecule has 118 valence electrons. The fourth-order valence-electron chi connectivity index (χ4n) is 3.04. The van der Waals surface area contributed by atoms with Gasteiger partial charge in [0.1, 0.15) is 0 Å². The predicted molar refractivity (Wildman–Crippen MR) is 92.0 cm³/mol. The number of nitrogens with one attached hydrogen (secondary N) is 1. The summed E-state index contributed by atoms with van der Waals surface area (Å²) in [5.74, 6) is -0.0599. The first-order valence-corrected chi connectivity index (χ1v) is 7.81. The molecule has 1 aliphatic rings. The van der Waals surface area contributed by atoms with Gasteiger partial charge in [-0.05, 0) is 37.5 Å². The fourth-order valence-corrected chi connectivity index (χ4v) is 3.04. The van der Waals surface area contributed by atoms with E-state index >= 15 is 0 Å². The summed E-state index contributed by atoms with van der Waals surface area (Å²) < 4.78 is 0. The van der Waals surface area contributed by atoms with E-state index in [0.29, 0.717) is 5.56 Å². The van der Waals surface area contributed by atoms with Gasteiger partial charge < -0.3 is 10.4 Å². The highest BCUT2D eigenvalue weighted by atomic mass is 16.3. The van der Waals surface area contributed by atoms with Gasteiger partial charge in [-0.1, -0.05) is 42.5 Å². The Morgan fingerprint density at radius 3 is 2.78 bits per heavy atom. The standard InChI is InChI=1S/C20H21NO2/c1-20(2)12-16-7-3-4-9-17(16)18(21-20)11-19(23)15-8-5-6-14(10-15)13-22/h3-11,21-22H,12-13H2,1-2H3/b18-11-. The maximum atomic E-state index is 12.6. The third kappa shape index (κ3) is 3.35. The second-order valence-corrected chi connectivity index (χ2v) is 6.62. The van der Waals surface area contributed by atoms with E-state index in [2.05, 4.69) is 25.2 Å². The number of ketones is 1. The van der Waals surface area contributed by atoms with Crippen LogP contribution >= 0.6 is 0 Å². The van der Waals surface area contributed by atoms with Crippen molar-refractivity contribution in [2.75, 3.05) is 0 Å². The monoisotopic (exact) mass is 307 g/mol. The number of carbonyl (C=O) groups excluding carboxylic acids is 1. The highest BCUT2D eigenvalue weighted by Gasteiger charge is 2.27. The maximum Gasteiger partial charge on any atom is 0.187 e. The minimum absolute atomic E-state index is 0.0599. The molecule has 3 rings (SSSR count). The third-order valence-electron chi connectivity index (χ3n) is 4.08. The zero-order valence-electron chi connectivity index (χ0n) is 13.5. The summed E-state index contributed by atoms with van der Waals surface area (Å²) >= 11 is 0. The molecule has 3 nitrogen and oxygen atoms in total. The van der Waals surface area contributed by atoms with Crippen LogP contribution in [0.2, 0.25) is 0 Å². The van der Waals surface area contributed by atoms with Gasteiger partial charge >= 0.3 is 0 Å². The van der Waals surface area contributed by atoms with E-state index in [-0.39, 0.29) is 17.9 Å². The van der Waals surface area contributed by atoms with E-state index in [0.717, 1.165) is 23.2 Å². The lowest BCUT2D eigenvalue weighted by molar-refractivity contribution is 0.104. The van der Waals surface area contributed by atoms with Crippen molar-refractivity contribution in [1.82, 2.24) is 5.32 Å². The van der Waals surface area contributed by atoms with Crippen LogP contribution in [0.4, 0.5) is 0 Å². The number of benzene rings is 2. The van der Waals surface area contributed by atoms with Crippen LogP contribution in [0, 0.1) is 0 Å². The SMILES string of the molecule is CC1(C)Cc2ccccc2/C(=C/C(=O)c2cccc(CO)c2)N1. The van der Waals surface area contributed by atoms with Gasteiger partial charge in [-0.2, -0.15) is 0 Å². The minimum Gasteiger partial charge on any atom is -0.392 e. The molecule has 0 saturated heterocycles. The summed E-state index contributed by atoms with van der Waals surface area (Å²) in [4.78, 5) is 12.6. The predicted octanol–water partition coefficient (Wildman–Crippen LogP) is 3.33. The second kappa shape index (κ2) is 6.01. The molecule has 1 aliphatic heterocycles. The third-order valence-corrected chi connectivity index (χ3v) is 4.08. The van der Waals surface area contributed by atoms with Gasteiger partial charge in [0.25, 0.3) is 0 Å². The molecule has 2 aromatic carbocycles. The molecule has 0 aromatic heterocycles. The molecular weight excluding hydrogens is 286 g/mol. The topological polar surface area (TPSA) is 49.3 Å². The summed E-state index contributed by atoms with van der Waals surface area (Å²) in [6.45, 7) is 4.20. The van der Waals surface area contributed by atoms with Crippen molar-refractivity contribution in [2.24, 2.45) is 0 Å².